The molecule has 3 heterocycles. The highest BCUT2D eigenvalue weighted by Gasteiger charge is 2.26. The maximum absolute atomic E-state index is 12.8. The monoisotopic (exact) mass is 399 g/mol. The number of nitrogen functional groups attached to an aromatic ring is 1. The highest BCUT2D eigenvalue weighted by atomic mass is 19.3. The minimum atomic E-state index is -2.71. The molecule has 3 aromatic heterocycles. The highest BCUT2D eigenvalue weighted by molar-refractivity contribution is 5.85. The number of hydrogen-bond donors (Lipinski definition) is 3. The van der Waals surface area contributed by atoms with Gasteiger partial charge >= 0.3 is 6.55 Å². The summed E-state index contributed by atoms with van der Waals surface area (Å²) in [5.41, 5.74) is 7.98. The second-order valence-electron chi connectivity index (χ2n) is 7.12. The van der Waals surface area contributed by atoms with Gasteiger partial charge in [0.25, 0.3) is 0 Å². The fraction of sp³-hybridized carbons (Fsp3) is 0.278. The van der Waals surface area contributed by atoms with Crippen LogP contribution < -0.4 is 11.1 Å². The summed E-state index contributed by atoms with van der Waals surface area (Å²) in [5, 5.41) is 15.1. The number of nitrogens with zero attached hydrogens (tertiary/aromatic N) is 6. The van der Waals surface area contributed by atoms with Gasteiger partial charge in [0.15, 0.2) is 5.82 Å². The minimum absolute atomic E-state index is 0.0374. The lowest BCUT2D eigenvalue weighted by atomic mass is 10.0. The molecule has 0 aliphatic rings. The molecule has 1 aromatic carbocycles. The van der Waals surface area contributed by atoms with Crippen molar-refractivity contribution in [1.82, 2.24) is 34.9 Å². The number of rotatable bonds is 5. The quantitative estimate of drug-likeness (QED) is 0.471. The Hall–Kier alpha value is -3.63. The van der Waals surface area contributed by atoms with Crippen molar-refractivity contribution < 1.29 is 8.78 Å². The number of aryl methyl sites for hydroxylation is 1. The topological polar surface area (TPSA) is 123 Å². The Morgan fingerprint density at radius 2 is 1.97 bits per heavy atom. The summed E-state index contributed by atoms with van der Waals surface area (Å²) in [4.78, 5) is 12.8. The van der Waals surface area contributed by atoms with E-state index in [1.54, 1.807) is 13.8 Å². The third-order valence-corrected chi connectivity index (χ3v) is 4.54. The van der Waals surface area contributed by atoms with E-state index < -0.39 is 12.1 Å². The molecule has 0 unspecified atom stereocenters. The average Bonchev–Trinajstić information content (AvgIpc) is 3.29. The Morgan fingerprint density at radius 1 is 1.17 bits per heavy atom. The predicted octanol–water partition coefficient (Wildman–Crippen LogP) is 3.24. The van der Waals surface area contributed by atoms with Crippen LogP contribution in [0, 0.1) is 6.92 Å². The van der Waals surface area contributed by atoms with Crippen molar-refractivity contribution >= 4 is 22.8 Å². The first-order valence-corrected chi connectivity index (χ1v) is 8.81. The molecule has 11 heteroatoms. The molecule has 150 valence electrons. The number of anilines is 2. The van der Waals surface area contributed by atoms with Crippen LogP contribution in [0.15, 0.2) is 30.5 Å². The molecule has 0 saturated heterocycles. The molecule has 0 atom stereocenters. The standard InChI is InChI=1S/C18H19F2N9/c1-9-11-8-10(4-5-12(11)27-26-9)14-22-16(21)24-17(23-14)25-18(2,3)13-6-7-29(28-13)15(19)20/h4-8,15H,1-3H3,(H,26,27)(H3,21,22,23,24,25). The molecular weight excluding hydrogens is 380 g/mol. The predicted molar refractivity (Wildman–Crippen MR) is 104 cm³/mol. The number of halogens is 2. The normalized spacial score (nSPS) is 12.1. The maximum Gasteiger partial charge on any atom is 0.333 e. The van der Waals surface area contributed by atoms with Crippen LogP contribution in [0.4, 0.5) is 20.7 Å². The summed E-state index contributed by atoms with van der Waals surface area (Å²) >= 11 is 0. The Kier molecular flexibility index (Phi) is 4.36. The molecule has 0 spiro atoms. The first kappa shape index (κ1) is 18.7. The van der Waals surface area contributed by atoms with Crippen LogP contribution in [0.1, 0.15) is 31.8 Å². The second-order valence-corrected chi connectivity index (χ2v) is 7.12. The SMILES string of the molecule is Cc1n[nH]c2ccc(-c3nc(N)nc(NC(C)(C)c4ccn(C(F)F)n4)n3)cc12. The van der Waals surface area contributed by atoms with Crippen molar-refractivity contribution in [2.24, 2.45) is 0 Å². The molecule has 4 rings (SSSR count). The van der Waals surface area contributed by atoms with E-state index >= 15 is 0 Å². The summed E-state index contributed by atoms with van der Waals surface area (Å²) in [6.07, 6.45) is 1.22. The second kappa shape index (κ2) is 6.76. The molecule has 29 heavy (non-hydrogen) atoms. The van der Waals surface area contributed by atoms with Gasteiger partial charge in [0.05, 0.1) is 22.4 Å². The maximum atomic E-state index is 12.8. The van der Waals surface area contributed by atoms with E-state index in [1.165, 1.54) is 12.3 Å². The number of nitrogens with two attached hydrogens (primary N) is 1. The fourth-order valence-electron chi connectivity index (χ4n) is 2.99. The third-order valence-electron chi connectivity index (χ3n) is 4.54. The van der Waals surface area contributed by atoms with E-state index in [1.807, 2.05) is 25.1 Å². The van der Waals surface area contributed by atoms with E-state index in [-0.39, 0.29) is 11.9 Å². The molecule has 9 nitrogen and oxygen atoms in total. The number of fused-ring (bicyclic) bond motifs is 1. The van der Waals surface area contributed by atoms with Gasteiger partial charge in [-0.15, -0.1) is 0 Å². The zero-order valence-electron chi connectivity index (χ0n) is 16.0. The molecule has 0 aliphatic heterocycles. The van der Waals surface area contributed by atoms with Crippen LogP contribution in [0.3, 0.4) is 0 Å². The van der Waals surface area contributed by atoms with Gasteiger partial charge < -0.3 is 11.1 Å². The largest absolute Gasteiger partial charge is 0.368 e. The van der Waals surface area contributed by atoms with Gasteiger partial charge in [-0.1, -0.05) is 0 Å². The van der Waals surface area contributed by atoms with Gasteiger partial charge in [-0.25, -0.2) is 4.68 Å². The van der Waals surface area contributed by atoms with Crippen molar-refractivity contribution in [3.63, 3.8) is 0 Å². The molecule has 0 radical (unpaired) electrons. The van der Waals surface area contributed by atoms with Crippen molar-refractivity contribution in [3.05, 3.63) is 41.9 Å². The van der Waals surface area contributed by atoms with Crippen LogP contribution >= 0.6 is 0 Å². The van der Waals surface area contributed by atoms with E-state index in [0.29, 0.717) is 16.2 Å². The highest BCUT2D eigenvalue weighted by Crippen LogP contribution is 2.27. The van der Waals surface area contributed by atoms with Gasteiger partial charge in [-0.3, -0.25) is 5.10 Å². The smallest absolute Gasteiger partial charge is 0.333 e. The third kappa shape index (κ3) is 3.58. The lowest BCUT2D eigenvalue weighted by Gasteiger charge is -2.24. The van der Waals surface area contributed by atoms with Gasteiger partial charge in [0.1, 0.15) is 0 Å². The number of nitrogens with one attached hydrogen (secondary N) is 2. The Labute approximate surface area is 164 Å². The molecule has 4 N–H and O–H groups in total. The lowest BCUT2D eigenvalue weighted by molar-refractivity contribution is 0.0558. The Bertz CT molecular complexity index is 1180. The molecule has 0 aliphatic carbocycles. The summed E-state index contributed by atoms with van der Waals surface area (Å²) in [6, 6.07) is 7.18. The van der Waals surface area contributed by atoms with Crippen LogP contribution in [0.25, 0.3) is 22.3 Å². The first-order chi connectivity index (χ1) is 13.7. The number of H-pyrrole nitrogens is 1. The van der Waals surface area contributed by atoms with E-state index in [9.17, 15) is 8.78 Å². The number of aromatic nitrogens is 7. The van der Waals surface area contributed by atoms with Gasteiger partial charge in [-0.2, -0.15) is 33.9 Å². The van der Waals surface area contributed by atoms with Crippen molar-refractivity contribution in [2.75, 3.05) is 11.1 Å². The molecule has 4 aromatic rings. The molecule has 0 fully saturated rings. The molecule has 0 saturated carbocycles. The number of benzene rings is 1. The Morgan fingerprint density at radius 3 is 2.69 bits per heavy atom. The minimum Gasteiger partial charge on any atom is -0.368 e. The molecular formula is C18H19F2N9. The molecule has 0 bridgehead atoms. The summed E-state index contributed by atoms with van der Waals surface area (Å²) in [5.74, 6) is 0.639. The van der Waals surface area contributed by atoms with Crippen LogP contribution in [0.2, 0.25) is 0 Å². The molecule has 0 amide bonds. The van der Waals surface area contributed by atoms with Crippen LogP contribution in [-0.2, 0) is 5.54 Å². The van der Waals surface area contributed by atoms with Gasteiger partial charge in [-0.05, 0) is 45.0 Å². The summed E-state index contributed by atoms with van der Waals surface area (Å²) < 4.78 is 26.2. The summed E-state index contributed by atoms with van der Waals surface area (Å²) in [6.45, 7) is 2.76. The van der Waals surface area contributed by atoms with Crippen LogP contribution in [0.5, 0.6) is 0 Å². The number of alkyl halides is 2. The van der Waals surface area contributed by atoms with E-state index in [0.717, 1.165) is 22.2 Å². The first-order valence-electron chi connectivity index (χ1n) is 8.81. The average molecular weight is 399 g/mol. The summed E-state index contributed by atoms with van der Waals surface area (Å²) in [7, 11) is 0. The van der Waals surface area contributed by atoms with Crippen molar-refractivity contribution in [1.29, 1.82) is 0 Å². The van der Waals surface area contributed by atoms with Crippen LogP contribution in [-0.4, -0.2) is 34.9 Å². The number of hydrogen-bond acceptors (Lipinski definition) is 7. The van der Waals surface area contributed by atoms with Gasteiger partial charge in [0, 0.05) is 17.1 Å². The van der Waals surface area contributed by atoms with E-state index in [4.69, 9.17) is 5.73 Å². The zero-order valence-corrected chi connectivity index (χ0v) is 16.0. The van der Waals surface area contributed by atoms with Crippen molar-refractivity contribution in [3.8, 4) is 11.4 Å². The number of aromatic amines is 1. The van der Waals surface area contributed by atoms with E-state index in [2.05, 4.69) is 35.6 Å². The Balaban J connectivity index is 1.67. The lowest BCUT2D eigenvalue weighted by Crippen LogP contribution is -2.30. The van der Waals surface area contributed by atoms with Crippen molar-refractivity contribution in [2.45, 2.75) is 32.9 Å². The fourth-order valence-corrected chi connectivity index (χ4v) is 2.99. The van der Waals surface area contributed by atoms with Gasteiger partial charge in [0.2, 0.25) is 11.9 Å². The zero-order chi connectivity index (χ0) is 20.8.